The summed E-state index contributed by atoms with van der Waals surface area (Å²) in [6, 6.07) is 11.1. The second-order valence-corrected chi connectivity index (χ2v) is 4.51. The first-order valence-corrected chi connectivity index (χ1v) is 6.20. The van der Waals surface area contributed by atoms with Gasteiger partial charge in [-0.2, -0.15) is 9.61 Å². The third-order valence-electron chi connectivity index (χ3n) is 3.10. The van der Waals surface area contributed by atoms with Crippen molar-refractivity contribution in [3.8, 4) is 0 Å². The molecule has 0 bridgehead atoms. The minimum absolute atomic E-state index is 0.0243. The van der Waals surface area contributed by atoms with Crippen LogP contribution in [0.1, 0.15) is 18.5 Å². The Morgan fingerprint density at radius 3 is 2.90 bits per heavy atom. The van der Waals surface area contributed by atoms with Crippen LogP contribution in [0.5, 0.6) is 0 Å². The molecule has 1 unspecified atom stereocenters. The molecule has 20 heavy (non-hydrogen) atoms. The number of nitrogen functional groups attached to an aromatic ring is 1. The van der Waals surface area contributed by atoms with Crippen molar-refractivity contribution in [2.45, 2.75) is 13.0 Å². The predicted molar refractivity (Wildman–Crippen MR) is 76.5 cm³/mol. The molecule has 0 saturated carbocycles. The van der Waals surface area contributed by atoms with Crippen molar-refractivity contribution in [2.24, 2.45) is 0 Å². The van der Waals surface area contributed by atoms with Gasteiger partial charge in [0, 0.05) is 5.69 Å². The molecule has 1 aromatic carbocycles. The number of benzene rings is 1. The monoisotopic (exact) mass is 270 g/mol. The average Bonchev–Trinajstić information content (AvgIpc) is 2.81. The Morgan fingerprint density at radius 1 is 1.30 bits per heavy atom. The van der Waals surface area contributed by atoms with Crippen LogP contribution in [-0.2, 0) is 0 Å². The molecular weight excluding hydrogens is 256 g/mol. The summed E-state index contributed by atoms with van der Waals surface area (Å²) < 4.78 is 1.21. The van der Waals surface area contributed by atoms with Crippen molar-refractivity contribution in [3.63, 3.8) is 0 Å². The summed E-state index contributed by atoms with van der Waals surface area (Å²) in [5.41, 5.74) is 7.75. The standard InChI is InChI=1S/C13H14N6O/c1-8(9-4-2-3-5-10(9)14)15-11-6-7-12-16-17-13(20)19(12)18-11/h2-8H,14H2,1H3,(H,15,18)(H,17,20). The highest BCUT2D eigenvalue weighted by Gasteiger charge is 2.10. The Hall–Kier alpha value is -2.83. The zero-order valence-electron chi connectivity index (χ0n) is 10.9. The summed E-state index contributed by atoms with van der Waals surface area (Å²) in [6.45, 7) is 1.98. The lowest BCUT2D eigenvalue weighted by Gasteiger charge is -2.16. The van der Waals surface area contributed by atoms with Gasteiger partial charge in [-0.3, -0.25) is 0 Å². The van der Waals surface area contributed by atoms with E-state index in [2.05, 4.69) is 20.6 Å². The fourth-order valence-corrected chi connectivity index (χ4v) is 2.08. The van der Waals surface area contributed by atoms with Gasteiger partial charge in [0.1, 0.15) is 5.82 Å². The summed E-state index contributed by atoms with van der Waals surface area (Å²) in [7, 11) is 0. The van der Waals surface area contributed by atoms with Crippen molar-refractivity contribution < 1.29 is 0 Å². The topological polar surface area (TPSA) is 101 Å². The van der Waals surface area contributed by atoms with E-state index in [9.17, 15) is 4.79 Å². The van der Waals surface area contributed by atoms with Gasteiger partial charge >= 0.3 is 5.69 Å². The molecule has 0 aliphatic carbocycles. The molecule has 3 aromatic rings. The molecule has 1 atom stereocenters. The Balaban J connectivity index is 1.91. The fraction of sp³-hybridized carbons (Fsp3) is 0.154. The molecule has 0 aliphatic heterocycles. The van der Waals surface area contributed by atoms with E-state index in [0.29, 0.717) is 17.2 Å². The molecule has 0 fully saturated rings. The second kappa shape index (κ2) is 4.69. The minimum Gasteiger partial charge on any atom is -0.398 e. The quantitative estimate of drug-likeness (QED) is 0.620. The van der Waals surface area contributed by atoms with E-state index in [4.69, 9.17) is 5.73 Å². The molecule has 0 amide bonds. The molecule has 3 rings (SSSR count). The third kappa shape index (κ3) is 2.09. The van der Waals surface area contributed by atoms with E-state index in [0.717, 1.165) is 5.56 Å². The van der Waals surface area contributed by atoms with Crippen LogP contribution < -0.4 is 16.7 Å². The van der Waals surface area contributed by atoms with Crippen LogP contribution in [-0.4, -0.2) is 19.8 Å². The SMILES string of the molecule is CC(Nc1ccc2n[nH]c(=O)n2n1)c1ccccc1N. The second-order valence-electron chi connectivity index (χ2n) is 4.51. The van der Waals surface area contributed by atoms with E-state index < -0.39 is 0 Å². The number of nitrogens with one attached hydrogen (secondary N) is 2. The Labute approximate surface area is 114 Å². The average molecular weight is 270 g/mol. The molecule has 0 aliphatic rings. The molecule has 0 spiro atoms. The number of aromatic amines is 1. The van der Waals surface area contributed by atoms with Crippen LogP contribution >= 0.6 is 0 Å². The molecule has 4 N–H and O–H groups in total. The first kappa shape index (κ1) is 12.2. The number of fused-ring (bicyclic) bond motifs is 1. The molecule has 0 radical (unpaired) electrons. The van der Waals surface area contributed by atoms with Gasteiger partial charge in [0.2, 0.25) is 0 Å². The number of H-pyrrole nitrogens is 1. The molecule has 102 valence electrons. The van der Waals surface area contributed by atoms with Crippen molar-refractivity contribution >= 4 is 17.2 Å². The van der Waals surface area contributed by atoms with Crippen LogP contribution in [0.25, 0.3) is 5.65 Å². The number of rotatable bonds is 3. The molecule has 2 heterocycles. The Kier molecular flexibility index (Phi) is 2.86. The number of nitrogens with zero attached hydrogens (tertiary/aromatic N) is 3. The highest BCUT2D eigenvalue weighted by atomic mass is 16.2. The lowest BCUT2D eigenvalue weighted by atomic mass is 10.1. The maximum absolute atomic E-state index is 11.5. The molecule has 7 heteroatoms. The highest BCUT2D eigenvalue weighted by Crippen LogP contribution is 2.22. The largest absolute Gasteiger partial charge is 0.398 e. The van der Waals surface area contributed by atoms with E-state index in [1.807, 2.05) is 31.2 Å². The summed E-state index contributed by atoms with van der Waals surface area (Å²) in [4.78, 5) is 11.5. The van der Waals surface area contributed by atoms with Crippen molar-refractivity contribution in [3.05, 3.63) is 52.4 Å². The maximum atomic E-state index is 11.5. The summed E-state index contributed by atoms with van der Waals surface area (Å²) in [6.07, 6.45) is 0. The normalized spacial score (nSPS) is 12.4. The number of para-hydroxylation sites is 1. The molecular formula is C13H14N6O. The van der Waals surface area contributed by atoms with Gasteiger partial charge in [0.15, 0.2) is 5.65 Å². The van der Waals surface area contributed by atoms with Gasteiger partial charge in [0.05, 0.1) is 6.04 Å². The molecule has 0 saturated heterocycles. The summed E-state index contributed by atoms with van der Waals surface area (Å²) >= 11 is 0. The van der Waals surface area contributed by atoms with Crippen molar-refractivity contribution in [2.75, 3.05) is 11.1 Å². The minimum atomic E-state index is -0.365. The first-order chi connectivity index (χ1) is 9.65. The smallest absolute Gasteiger partial charge is 0.364 e. The first-order valence-electron chi connectivity index (χ1n) is 6.20. The van der Waals surface area contributed by atoms with E-state index in [-0.39, 0.29) is 11.7 Å². The number of nitrogens with two attached hydrogens (primary N) is 1. The van der Waals surface area contributed by atoms with Gasteiger partial charge < -0.3 is 11.1 Å². The van der Waals surface area contributed by atoms with Crippen molar-refractivity contribution in [1.29, 1.82) is 0 Å². The van der Waals surface area contributed by atoms with Crippen LogP contribution in [0.2, 0.25) is 0 Å². The van der Waals surface area contributed by atoms with Gasteiger partial charge in [-0.05, 0) is 30.7 Å². The van der Waals surface area contributed by atoms with Crippen LogP contribution in [0.3, 0.4) is 0 Å². The van der Waals surface area contributed by atoms with E-state index in [1.165, 1.54) is 4.52 Å². The lowest BCUT2D eigenvalue weighted by molar-refractivity contribution is 0.832. The van der Waals surface area contributed by atoms with Gasteiger partial charge in [-0.25, -0.2) is 9.89 Å². The van der Waals surface area contributed by atoms with Crippen LogP contribution in [0.15, 0.2) is 41.2 Å². The Morgan fingerprint density at radius 2 is 2.10 bits per heavy atom. The zero-order valence-corrected chi connectivity index (χ0v) is 10.9. The zero-order chi connectivity index (χ0) is 14.1. The van der Waals surface area contributed by atoms with Crippen LogP contribution in [0, 0.1) is 0 Å². The predicted octanol–water partition coefficient (Wildman–Crippen LogP) is 1.17. The number of hydrogen-bond donors (Lipinski definition) is 3. The number of anilines is 2. The number of aromatic nitrogens is 4. The molecule has 7 nitrogen and oxygen atoms in total. The van der Waals surface area contributed by atoms with Gasteiger partial charge in [0.25, 0.3) is 0 Å². The third-order valence-corrected chi connectivity index (χ3v) is 3.10. The van der Waals surface area contributed by atoms with E-state index >= 15 is 0 Å². The van der Waals surface area contributed by atoms with Gasteiger partial charge in [-0.15, -0.1) is 5.10 Å². The number of hydrogen-bond acceptors (Lipinski definition) is 5. The van der Waals surface area contributed by atoms with E-state index in [1.54, 1.807) is 12.1 Å². The van der Waals surface area contributed by atoms with Gasteiger partial charge in [-0.1, -0.05) is 18.2 Å². The summed E-state index contributed by atoms with van der Waals surface area (Å²) in [5.74, 6) is 0.580. The van der Waals surface area contributed by atoms with Crippen LogP contribution in [0.4, 0.5) is 11.5 Å². The van der Waals surface area contributed by atoms with Crippen molar-refractivity contribution in [1.82, 2.24) is 19.8 Å². The maximum Gasteiger partial charge on any atom is 0.364 e. The molecule has 2 aromatic heterocycles. The lowest BCUT2D eigenvalue weighted by Crippen LogP contribution is -2.15. The Bertz CT molecular complexity index is 806. The summed E-state index contributed by atoms with van der Waals surface area (Å²) in [5, 5.41) is 13.6. The highest BCUT2D eigenvalue weighted by molar-refractivity contribution is 5.51. The fourth-order valence-electron chi connectivity index (χ4n) is 2.08.